The average Bonchev–Trinajstić information content (AvgIpc) is 3.04. The van der Waals surface area contributed by atoms with Crippen LogP contribution in [0.5, 0.6) is 17.2 Å². The number of aryl methyl sites for hydroxylation is 1. The van der Waals surface area contributed by atoms with Crippen molar-refractivity contribution < 1.29 is 33.0 Å². The number of amides is 1. The Bertz CT molecular complexity index is 1870. The van der Waals surface area contributed by atoms with Crippen LogP contribution in [0.3, 0.4) is 0 Å². The van der Waals surface area contributed by atoms with Crippen molar-refractivity contribution in [3.63, 3.8) is 0 Å². The van der Waals surface area contributed by atoms with Crippen molar-refractivity contribution in [2.45, 2.75) is 26.0 Å². The van der Waals surface area contributed by atoms with Gasteiger partial charge in [-0.05, 0) is 47.9 Å². The first-order chi connectivity index (χ1) is 21.4. The molecule has 1 aliphatic rings. The van der Waals surface area contributed by atoms with Crippen LogP contribution in [0.1, 0.15) is 16.9 Å². The summed E-state index contributed by atoms with van der Waals surface area (Å²) in [5.74, 6) is 1.05. The molecule has 0 bridgehead atoms. The van der Waals surface area contributed by atoms with Gasteiger partial charge in [0.25, 0.3) is 0 Å². The normalized spacial score (nSPS) is 12.8. The standard InChI is InChI=1S/C35H29NO8/c1-22-32(25-12-15-29-31(19-25)41-17-16-40-29)33(37)27-14-13-26(20-30(27)43-22)44-34(38)28(18-23-8-4-2-5-9-23)36-35(39)42-21-24-10-6-3-7-11-24/h2-15,19-20,28H,16-18,21H2,1H3,(H,36,39)/t28-/m0/s1. The van der Waals surface area contributed by atoms with Crippen molar-refractivity contribution >= 4 is 23.0 Å². The molecular weight excluding hydrogens is 562 g/mol. The molecule has 44 heavy (non-hydrogen) atoms. The van der Waals surface area contributed by atoms with Crippen LogP contribution >= 0.6 is 0 Å². The fourth-order valence-electron chi connectivity index (χ4n) is 5.02. The van der Waals surface area contributed by atoms with E-state index in [-0.39, 0.29) is 29.8 Å². The van der Waals surface area contributed by atoms with E-state index in [1.165, 1.54) is 12.1 Å². The number of hydrogen-bond donors (Lipinski definition) is 1. The molecule has 0 saturated carbocycles. The van der Waals surface area contributed by atoms with Gasteiger partial charge in [-0.25, -0.2) is 9.59 Å². The smallest absolute Gasteiger partial charge is 0.408 e. The third-order valence-electron chi connectivity index (χ3n) is 7.16. The third kappa shape index (κ3) is 6.42. The summed E-state index contributed by atoms with van der Waals surface area (Å²) in [6.45, 7) is 2.65. The summed E-state index contributed by atoms with van der Waals surface area (Å²) in [5, 5.41) is 2.95. The van der Waals surface area contributed by atoms with Crippen LogP contribution in [-0.2, 0) is 22.6 Å². The predicted molar refractivity (Wildman–Crippen MR) is 163 cm³/mol. The van der Waals surface area contributed by atoms with Gasteiger partial charge in [0.2, 0.25) is 5.43 Å². The molecule has 0 saturated heterocycles. The number of fused-ring (bicyclic) bond motifs is 2. The summed E-state index contributed by atoms with van der Waals surface area (Å²) in [5.41, 5.74) is 2.71. The van der Waals surface area contributed by atoms with E-state index in [1.54, 1.807) is 31.2 Å². The molecule has 9 heteroatoms. The molecule has 1 amide bonds. The maximum atomic E-state index is 13.5. The van der Waals surface area contributed by atoms with Gasteiger partial charge in [0, 0.05) is 12.5 Å². The molecule has 0 fully saturated rings. The average molecular weight is 592 g/mol. The Balaban J connectivity index is 1.22. The lowest BCUT2D eigenvalue weighted by Gasteiger charge is -2.19. The molecule has 1 aliphatic heterocycles. The molecule has 9 nitrogen and oxygen atoms in total. The van der Waals surface area contributed by atoms with Crippen LogP contribution in [0.2, 0.25) is 0 Å². The Morgan fingerprint density at radius 2 is 1.55 bits per heavy atom. The van der Waals surface area contributed by atoms with Crippen molar-refractivity contribution in [1.82, 2.24) is 5.32 Å². The molecule has 1 aromatic heterocycles. The second-order valence-corrected chi connectivity index (χ2v) is 10.2. The monoisotopic (exact) mass is 591 g/mol. The number of carbonyl (C=O) groups excluding carboxylic acids is 2. The molecule has 0 spiro atoms. The number of benzene rings is 4. The minimum absolute atomic E-state index is 0.0527. The molecule has 0 aliphatic carbocycles. The van der Waals surface area contributed by atoms with Crippen LogP contribution in [0.4, 0.5) is 4.79 Å². The summed E-state index contributed by atoms with van der Waals surface area (Å²) in [7, 11) is 0. The largest absolute Gasteiger partial charge is 0.486 e. The number of hydrogen-bond acceptors (Lipinski definition) is 8. The SMILES string of the molecule is Cc1oc2cc(OC(=O)[C@H](Cc3ccccc3)NC(=O)OCc3ccccc3)ccc2c(=O)c1-c1ccc2c(c1)OCCO2. The zero-order valence-electron chi connectivity index (χ0n) is 23.9. The van der Waals surface area contributed by atoms with E-state index in [4.69, 9.17) is 23.4 Å². The summed E-state index contributed by atoms with van der Waals surface area (Å²) in [6.07, 6.45) is -0.570. The topological polar surface area (TPSA) is 113 Å². The predicted octanol–water partition coefficient (Wildman–Crippen LogP) is 5.98. The maximum absolute atomic E-state index is 13.5. The Morgan fingerprint density at radius 1 is 0.841 bits per heavy atom. The molecule has 2 heterocycles. The first-order valence-electron chi connectivity index (χ1n) is 14.1. The van der Waals surface area contributed by atoms with E-state index >= 15 is 0 Å². The lowest BCUT2D eigenvalue weighted by Crippen LogP contribution is -2.44. The maximum Gasteiger partial charge on any atom is 0.408 e. The highest BCUT2D eigenvalue weighted by molar-refractivity contribution is 5.87. The van der Waals surface area contributed by atoms with Gasteiger partial charge in [-0.15, -0.1) is 0 Å². The molecule has 222 valence electrons. The fourth-order valence-corrected chi connectivity index (χ4v) is 5.02. The Hall–Kier alpha value is -5.57. The van der Waals surface area contributed by atoms with E-state index in [0.717, 1.165) is 11.1 Å². The number of ether oxygens (including phenoxy) is 4. The van der Waals surface area contributed by atoms with Gasteiger partial charge < -0.3 is 28.7 Å². The number of rotatable bonds is 8. The number of carbonyl (C=O) groups is 2. The van der Waals surface area contributed by atoms with Crippen molar-refractivity contribution in [1.29, 1.82) is 0 Å². The van der Waals surface area contributed by atoms with Crippen LogP contribution in [0.15, 0.2) is 106 Å². The number of alkyl carbamates (subject to hydrolysis) is 1. The van der Waals surface area contributed by atoms with Gasteiger partial charge in [0.05, 0.1) is 10.9 Å². The zero-order chi connectivity index (χ0) is 30.5. The zero-order valence-corrected chi connectivity index (χ0v) is 23.9. The number of esters is 1. The third-order valence-corrected chi connectivity index (χ3v) is 7.16. The van der Waals surface area contributed by atoms with Crippen molar-refractivity contribution in [3.8, 4) is 28.4 Å². The summed E-state index contributed by atoms with van der Waals surface area (Å²) in [4.78, 5) is 39.5. The van der Waals surface area contributed by atoms with Gasteiger partial charge in [0.15, 0.2) is 11.5 Å². The molecule has 0 unspecified atom stereocenters. The summed E-state index contributed by atoms with van der Waals surface area (Å²) < 4.78 is 28.3. The molecule has 1 atom stereocenters. The van der Waals surface area contributed by atoms with Crippen molar-refractivity contribution in [3.05, 3.63) is 124 Å². The highest BCUT2D eigenvalue weighted by Crippen LogP contribution is 2.35. The molecule has 5 aromatic rings. The highest BCUT2D eigenvalue weighted by atomic mass is 16.6. The van der Waals surface area contributed by atoms with Gasteiger partial charge in [-0.2, -0.15) is 0 Å². The minimum Gasteiger partial charge on any atom is -0.486 e. The first-order valence-corrected chi connectivity index (χ1v) is 14.1. The Labute approximate surface area is 252 Å². The van der Waals surface area contributed by atoms with Gasteiger partial charge in [-0.1, -0.05) is 66.7 Å². The highest BCUT2D eigenvalue weighted by Gasteiger charge is 2.25. The van der Waals surface area contributed by atoms with Gasteiger partial charge in [0.1, 0.15) is 43.0 Å². The van der Waals surface area contributed by atoms with Gasteiger partial charge in [-0.3, -0.25) is 4.79 Å². The van der Waals surface area contributed by atoms with Crippen molar-refractivity contribution in [2.75, 3.05) is 13.2 Å². The van der Waals surface area contributed by atoms with Crippen LogP contribution in [0.25, 0.3) is 22.1 Å². The lowest BCUT2D eigenvalue weighted by molar-refractivity contribution is -0.136. The molecule has 6 rings (SSSR count). The molecule has 1 N–H and O–H groups in total. The van der Waals surface area contributed by atoms with E-state index in [0.29, 0.717) is 47.0 Å². The second kappa shape index (κ2) is 12.7. The lowest BCUT2D eigenvalue weighted by atomic mass is 10.0. The van der Waals surface area contributed by atoms with Gasteiger partial charge >= 0.3 is 12.1 Å². The quantitative estimate of drug-likeness (QED) is 0.173. The van der Waals surface area contributed by atoms with E-state index in [2.05, 4.69) is 5.32 Å². The first kappa shape index (κ1) is 28.5. The Morgan fingerprint density at radius 3 is 2.30 bits per heavy atom. The second-order valence-electron chi connectivity index (χ2n) is 10.2. The van der Waals surface area contributed by atoms with E-state index < -0.39 is 18.1 Å². The fraction of sp³-hybridized carbons (Fsp3) is 0.171. The Kier molecular flexibility index (Phi) is 8.27. The van der Waals surface area contributed by atoms with Crippen LogP contribution in [-0.4, -0.2) is 31.3 Å². The van der Waals surface area contributed by atoms with E-state index in [9.17, 15) is 14.4 Å². The van der Waals surface area contributed by atoms with Crippen molar-refractivity contribution in [2.24, 2.45) is 0 Å². The van der Waals surface area contributed by atoms with E-state index in [1.807, 2.05) is 60.7 Å². The van der Waals surface area contributed by atoms with Crippen LogP contribution in [0, 0.1) is 6.92 Å². The molecule has 0 radical (unpaired) electrons. The summed E-state index contributed by atoms with van der Waals surface area (Å²) >= 11 is 0. The number of nitrogens with one attached hydrogen (secondary N) is 1. The summed E-state index contributed by atoms with van der Waals surface area (Å²) in [6, 6.07) is 27.3. The minimum atomic E-state index is -1.04. The molecule has 4 aromatic carbocycles. The molecular formula is C35H29NO8. The van der Waals surface area contributed by atoms with Crippen LogP contribution < -0.4 is 25.0 Å².